The fourth-order valence-electron chi connectivity index (χ4n) is 3.64. The van der Waals surface area contributed by atoms with E-state index in [4.69, 9.17) is 9.47 Å². The van der Waals surface area contributed by atoms with E-state index in [0.717, 1.165) is 16.3 Å². The minimum Gasteiger partial charge on any atom is -0.497 e. The smallest absolute Gasteiger partial charge is 0.237 e. The van der Waals surface area contributed by atoms with Gasteiger partial charge in [-0.25, -0.2) is 0 Å². The maximum Gasteiger partial charge on any atom is 0.237 e. The number of ether oxygens (including phenoxy) is 2. The van der Waals surface area contributed by atoms with Gasteiger partial charge in [0, 0.05) is 19.6 Å². The standard InChI is InChI=1S/C22H23N3O3S/c1-27-18-9-7-17(8-10-18)22(11-13-28-14-12-22)20(26)23-21-25-24-19(29-21)15-16-5-3-2-4-6-16/h2-10H,11-15H2,1H3,(H,23,25,26). The Balaban J connectivity index is 1.52. The summed E-state index contributed by atoms with van der Waals surface area (Å²) >= 11 is 1.41. The lowest BCUT2D eigenvalue weighted by Gasteiger charge is -2.36. The summed E-state index contributed by atoms with van der Waals surface area (Å²) in [4.78, 5) is 13.4. The molecule has 1 saturated heterocycles. The van der Waals surface area contributed by atoms with Crippen molar-refractivity contribution in [1.29, 1.82) is 0 Å². The Kier molecular flexibility index (Phi) is 5.87. The summed E-state index contributed by atoms with van der Waals surface area (Å²) in [5, 5.41) is 12.8. The van der Waals surface area contributed by atoms with Gasteiger partial charge in [-0.3, -0.25) is 10.1 Å². The molecule has 4 rings (SSSR count). The first-order valence-electron chi connectivity index (χ1n) is 9.60. The van der Waals surface area contributed by atoms with Gasteiger partial charge in [0.15, 0.2) is 0 Å². The molecule has 0 bridgehead atoms. The predicted octanol–water partition coefficient (Wildman–Crippen LogP) is 3.82. The summed E-state index contributed by atoms with van der Waals surface area (Å²) in [5.74, 6) is 0.708. The third-order valence-electron chi connectivity index (χ3n) is 5.31. The van der Waals surface area contributed by atoms with Crippen molar-refractivity contribution in [2.45, 2.75) is 24.7 Å². The molecule has 1 amide bonds. The molecule has 0 saturated carbocycles. The van der Waals surface area contributed by atoms with Crippen molar-refractivity contribution in [3.05, 3.63) is 70.7 Å². The molecule has 0 unspecified atom stereocenters. The van der Waals surface area contributed by atoms with Crippen molar-refractivity contribution in [2.24, 2.45) is 0 Å². The van der Waals surface area contributed by atoms with Crippen LogP contribution in [0.2, 0.25) is 0 Å². The van der Waals surface area contributed by atoms with Gasteiger partial charge in [-0.1, -0.05) is 53.8 Å². The van der Waals surface area contributed by atoms with Crippen molar-refractivity contribution >= 4 is 22.4 Å². The number of nitrogens with one attached hydrogen (secondary N) is 1. The zero-order valence-corrected chi connectivity index (χ0v) is 17.1. The van der Waals surface area contributed by atoms with Crippen LogP contribution in [-0.2, 0) is 21.4 Å². The number of benzene rings is 2. The van der Waals surface area contributed by atoms with Crippen molar-refractivity contribution in [3.63, 3.8) is 0 Å². The molecule has 1 fully saturated rings. The molecule has 1 aromatic heterocycles. The van der Waals surface area contributed by atoms with E-state index in [9.17, 15) is 4.79 Å². The maximum atomic E-state index is 13.4. The second-order valence-electron chi connectivity index (χ2n) is 7.04. The van der Waals surface area contributed by atoms with Crippen LogP contribution in [0.15, 0.2) is 54.6 Å². The van der Waals surface area contributed by atoms with Gasteiger partial charge in [-0.15, -0.1) is 10.2 Å². The molecule has 1 aliphatic heterocycles. The van der Waals surface area contributed by atoms with E-state index in [0.29, 0.717) is 37.6 Å². The molecule has 29 heavy (non-hydrogen) atoms. The number of anilines is 1. The third kappa shape index (κ3) is 4.31. The van der Waals surface area contributed by atoms with Crippen LogP contribution in [0.25, 0.3) is 0 Å². The largest absolute Gasteiger partial charge is 0.497 e. The molecule has 0 radical (unpaired) electrons. The second-order valence-corrected chi connectivity index (χ2v) is 8.10. The summed E-state index contributed by atoms with van der Waals surface area (Å²) in [6.45, 7) is 1.10. The first-order chi connectivity index (χ1) is 14.2. The number of nitrogens with zero attached hydrogens (tertiary/aromatic N) is 2. The molecule has 1 N–H and O–H groups in total. The number of methoxy groups -OCH3 is 1. The topological polar surface area (TPSA) is 73.3 Å². The van der Waals surface area contributed by atoms with Crippen molar-refractivity contribution < 1.29 is 14.3 Å². The lowest BCUT2D eigenvalue weighted by Crippen LogP contribution is -2.44. The van der Waals surface area contributed by atoms with Crippen LogP contribution in [0.4, 0.5) is 5.13 Å². The number of aromatic nitrogens is 2. The molecule has 1 aliphatic rings. The molecular formula is C22H23N3O3S. The minimum atomic E-state index is -0.643. The fraction of sp³-hybridized carbons (Fsp3) is 0.318. The van der Waals surface area contributed by atoms with Gasteiger partial charge in [-0.2, -0.15) is 0 Å². The molecule has 0 aliphatic carbocycles. The minimum absolute atomic E-state index is 0.0617. The normalized spacial score (nSPS) is 15.6. The van der Waals surface area contributed by atoms with Crippen LogP contribution >= 0.6 is 11.3 Å². The van der Waals surface area contributed by atoms with Crippen molar-refractivity contribution in [3.8, 4) is 5.75 Å². The van der Waals surface area contributed by atoms with Gasteiger partial charge in [0.25, 0.3) is 0 Å². The molecule has 2 aromatic carbocycles. The Morgan fingerprint density at radius 1 is 1.10 bits per heavy atom. The summed E-state index contributed by atoms with van der Waals surface area (Å²) < 4.78 is 10.8. The number of carbonyl (C=O) groups is 1. The monoisotopic (exact) mass is 409 g/mol. The highest BCUT2D eigenvalue weighted by Crippen LogP contribution is 2.37. The zero-order chi connectivity index (χ0) is 20.1. The van der Waals surface area contributed by atoms with Gasteiger partial charge < -0.3 is 9.47 Å². The zero-order valence-electron chi connectivity index (χ0n) is 16.3. The molecule has 150 valence electrons. The van der Waals surface area contributed by atoms with Crippen LogP contribution in [0.3, 0.4) is 0 Å². The van der Waals surface area contributed by atoms with Crippen molar-refractivity contribution in [2.75, 3.05) is 25.6 Å². The molecule has 0 spiro atoms. The van der Waals surface area contributed by atoms with Crippen LogP contribution in [-0.4, -0.2) is 36.4 Å². The Morgan fingerprint density at radius 3 is 2.52 bits per heavy atom. The van der Waals surface area contributed by atoms with E-state index in [1.165, 1.54) is 16.9 Å². The Hall–Kier alpha value is -2.77. The number of rotatable bonds is 6. The molecule has 6 nitrogen and oxygen atoms in total. The number of carbonyl (C=O) groups excluding carboxylic acids is 1. The SMILES string of the molecule is COc1ccc(C2(C(=O)Nc3nnc(Cc4ccccc4)s3)CCOCC2)cc1. The highest BCUT2D eigenvalue weighted by Gasteiger charge is 2.42. The van der Waals surface area contributed by atoms with Gasteiger partial charge in [0.2, 0.25) is 11.0 Å². The average molecular weight is 410 g/mol. The average Bonchev–Trinajstić information content (AvgIpc) is 3.21. The molecule has 0 atom stereocenters. The van der Waals surface area contributed by atoms with Gasteiger partial charge in [0.05, 0.1) is 12.5 Å². The number of hydrogen-bond donors (Lipinski definition) is 1. The molecule has 2 heterocycles. The lowest BCUT2D eigenvalue weighted by atomic mass is 9.73. The van der Waals surface area contributed by atoms with Crippen LogP contribution in [0.5, 0.6) is 5.75 Å². The number of hydrogen-bond acceptors (Lipinski definition) is 6. The Morgan fingerprint density at radius 2 is 1.83 bits per heavy atom. The molecule has 7 heteroatoms. The van der Waals surface area contributed by atoms with Gasteiger partial charge in [0.1, 0.15) is 10.8 Å². The van der Waals surface area contributed by atoms with Gasteiger partial charge >= 0.3 is 0 Å². The summed E-state index contributed by atoms with van der Waals surface area (Å²) in [6.07, 6.45) is 1.95. The van der Waals surface area contributed by atoms with E-state index in [1.807, 2.05) is 42.5 Å². The van der Waals surface area contributed by atoms with Crippen LogP contribution < -0.4 is 10.1 Å². The highest BCUT2D eigenvalue weighted by molar-refractivity contribution is 7.15. The van der Waals surface area contributed by atoms with E-state index < -0.39 is 5.41 Å². The Bertz CT molecular complexity index is 951. The highest BCUT2D eigenvalue weighted by atomic mass is 32.1. The quantitative estimate of drug-likeness (QED) is 0.670. The Labute approximate surface area is 173 Å². The lowest BCUT2D eigenvalue weighted by molar-refractivity contribution is -0.125. The first kappa shape index (κ1) is 19.5. The van der Waals surface area contributed by atoms with Crippen LogP contribution in [0, 0.1) is 0 Å². The fourth-order valence-corrected chi connectivity index (χ4v) is 4.41. The van der Waals surface area contributed by atoms with E-state index >= 15 is 0 Å². The van der Waals surface area contributed by atoms with Crippen molar-refractivity contribution in [1.82, 2.24) is 10.2 Å². The summed E-state index contributed by atoms with van der Waals surface area (Å²) in [5.41, 5.74) is 1.49. The predicted molar refractivity (Wildman–Crippen MR) is 113 cm³/mol. The van der Waals surface area contributed by atoms with E-state index in [2.05, 4.69) is 27.6 Å². The van der Waals surface area contributed by atoms with E-state index in [1.54, 1.807) is 7.11 Å². The van der Waals surface area contributed by atoms with Crippen LogP contribution in [0.1, 0.15) is 29.0 Å². The van der Waals surface area contributed by atoms with Gasteiger partial charge in [-0.05, 0) is 36.1 Å². The first-order valence-corrected chi connectivity index (χ1v) is 10.4. The molecular weight excluding hydrogens is 386 g/mol. The molecule has 3 aromatic rings. The summed E-state index contributed by atoms with van der Waals surface area (Å²) in [6, 6.07) is 17.8. The maximum absolute atomic E-state index is 13.4. The third-order valence-corrected chi connectivity index (χ3v) is 6.15. The second kappa shape index (κ2) is 8.71. The summed E-state index contributed by atoms with van der Waals surface area (Å²) in [7, 11) is 1.63. The number of amides is 1. The van der Waals surface area contributed by atoms with E-state index in [-0.39, 0.29) is 5.91 Å².